The van der Waals surface area contributed by atoms with Gasteiger partial charge < -0.3 is 10.1 Å². The molecule has 0 unspecified atom stereocenters. The highest BCUT2D eigenvalue weighted by Crippen LogP contribution is 2.30. The van der Waals surface area contributed by atoms with Gasteiger partial charge in [0.15, 0.2) is 0 Å². The Balaban J connectivity index is 0.00000162. The number of halogens is 1. The van der Waals surface area contributed by atoms with Crippen LogP contribution in [0, 0.1) is 6.92 Å². The zero-order valence-electron chi connectivity index (χ0n) is 11.7. The fourth-order valence-corrected chi connectivity index (χ4v) is 2.07. The first-order valence-electron chi connectivity index (χ1n) is 6.49. The van der Waals surface area contributed by atoms with E-state index in [1.54, 1.807) is 6.07 Å². The van der Waals surface area contributed by atoms with Crippen LogP contribution in [0.4, 0.5) is 0 Å². The van der Waals surface area contributed by atoms with Crippen molar-refractivity contribution in [1.82, 2.24) is 5.32 Å². The molecule has 0 radical (unpaired) electrons. The second-order valence-electron chi connectivity index (χ2n) is 3.72. The van der Waals surface area contributed by atoms with Gasteiger partial charge in [-0.25, -0.2) is 0 Å². The molecular weight excluding hydrogens is 210 g/mol. The fourth-order valence-electron chi connectivity index (χ4n) is 2.07. The number of benzene rings is 1. The predicted octanol–water partition coefficient (Wildman–Crippen LogP) is 2.85. The zero-order valence-corrected chi connectivity index (χ0v) is 9.56. The Hall–Kier alpha value is -0.730. The lowest BCUT2D eigenvalue weighted by Crippen LogP contribution is -2.14. The molecule has 0 bridgehead atoms. The molecule has 15 heavy (non-hydrogen) atoms. The molecule has 1 aliphatic rings. The summed E-state index contributed by atoms with van der Waals surface area (Å²) in [4.78, 5) is 0. The average Bonchev–Trinajstić information content (AvgIpc) is 2.72. The van der Waals surface area contributed by atoms with E-state index in [4.69, 9.17) is 8.85 Å². The van der Waals surface area contributed by atoms with Gasteiger partial charge in [0, 0.05) is 6.04 Å². The largest absolute Gasteiger partial charge is 0.496 e. The lowest BCUT2D eigenvalue weighted by molar-refractivity contribution is 0.410. The highest BCUT2D eigenvalue weighted by atomic mass is 35.5. The van der Waals surface area contributed by atoms with E-state index < -0.39 is 7.04 Å². The summed E-state index contributed by atoms with van der Waals surface area (Å²) in [5.41, 5.74) is 2.06. The van der Waals surface area contributed by atoms with Crippen molar-refractivity contribution in [3.63, 3.8) is 0 Å². The summed E-state index contributed by atoms with van der Waals surface area (Å²) < 4.78 is 26.4. The van der Waals surface area contributed by atoms with Crippen molar-refractivity contribution in [2.45, 2.75) is 25.8 Å². The van der Waals surface area contributed by atoms with Crippen LogP contribution in [0.15, 0.2) is 18.2 Å². The van der Waals surface area contributed by atoms with Gasteiger partial charge in [0.25, 0.3) is 0 Å². The first-order valence-corrected chi connectivity index (χ1v) is 4.99. The summed E-state index contributed by atoms with van der Waals surface area (Å²) in [5, 5.41) is 3.41. The van der Waals surface area contributed by atoms with Gasteiger partial charge in [-0.15, -0.1) is 12.4 Å². The molecule has 2 rings (SSSR count). The summed E-state index contributed by atoms with van der Waals surface area (Å²) in [6.07, 6.45) is 2.26. The second kappa shape index (κ2) is 5.38. The van der Waals surface area contributed by atoms with Crippen molar-refractivity contribution in [2.24, 2.45) is 0 Å². The Bertz CT molecular complexity index is 403. The summed E-state index contributed by atoms with van der Waals surface area (Å²) in [6, 6.07) is 5.92. The molecule has 0 saturated carbocycles. The quantitative estimate of drug-likeness (QED) is 0.844. The molecule has 0 aliphatic carbocycles. The van der Waals surface area contributed by atoms with Crippen molar-refractivity contribution >= 4 is 12.4 Å². The van der Waals surface area contributed by atoms with Crippen molar-refractivity contribution in [1.29, 1.82) is 0 Å². The fraction of sp³-hybridized carbons (Fsp3) is 0.500. The molecule has 1 aromatic rings. The predicted molar refractivity (Wildman–Crippen MR) is 65.0 cm³/mol. The Labute approximate surface area is 102 Å². The van der Waals surface area contributed by atoms with Gasteiger partial charge in [-0.2, -0.15) is 0 Å². The standard InChI is InChI=1S/C12H17NO.ClH/c1-9-10(11-6-4-8-13-11)5-3-7-12(9)14-2;/h3,5,7,11,13H,4,6,8H2,1-2H3;1H/t11-;/m0./s1/i2D3;. The summed E-state index contributed by atoms with van der Waals surface area (Å²) >= 11 is 0. The molecule has 1 N–H and O–H groups in total. The number of hydrogen-bond acceptors (Lipinski definition) is 2. The second-order valence-corrected chi connectivity index (χ2v) is 3.72. The van der Waals surface area contributed by atoms with E-state index in [-0.39, 0.29) is 12.4 Å². The van der Waals surface area contributed by atoms with Crippen LogP contribution >= 0.6 is 12.4 Å². The molecule has 1 saturated heterocycles. The molecule has 1 aliphatic heterocycles. The lowest BCUT2D eigenvalue weighted by atomic mass is 9.99. The first-order chi connectivity index (χ1) is 7.97. The smallest absolute Gasteiger partial charge is 0.122 e. The Morgan fingerprint density at radius 3 is 3.07 bits per heavy atom. The van der Waals surface area contributed by atoms with Crippen molar-refractivity contribution < 1.29 is 8.85 Å². The van der Waals surface area contributed by atoms with E-state index in [0.717, 1.165) is 30.5 Å². The van der Waals surface area contributed by atoms with E-state index >= 15 is 0 Å². The molecule has 0 aromatic heterocycles. The molecule has 1 aromatic carbocycles. The Kier molecular flexibility index (Phi) is 3.02. The van der Waals surface area contributed by atoms with Gasteiger partial charge in [-0.3, -0.25) is 0 Å². The maximum absolute atomic E-state index is 7.14. The van der Waals surface area contributed by atoms with Crippen LogP contribution < -0.4 is 10.1 Å². The molecule has 1 heterocycles. The Morgan fingerprint density at radius 1 is 1.53 bits per heavy atom. The summed E-state index contributed by atoms with van der Waals surface area (Å²) in [5.74, 6) is 0.455. The van der Waals surface area contributed by atoms with Gasteiger partial charge in [0.05, 0.1) is 11.2 Å². The number of nitrogens with one attached hydrogen (secondary N) is 1. The topological polar surface area (TPSA) is 21.3 Å². The summed E-state index contributed by atoms with van der Waals surface area (Å²) in [6.45, 7) is 2.94. The van der Waals surface area contributed by atoms with E-state index in [1.807, 2.05) is 19.1 Å². The monoisotopic (exact) mass is 230 g/mol. The van der Waals surface area contributed by atoms with Crippen LogP contribution in [0.3, 0.4) is 0 Å². The minimum atomic E-state index is -2.38. The summed E-state index contributed by atoms with van der Waals surface area (Å²) in [7, 11) is -2.38. The minimum absolute atomic E-state index is 0. The highest BCUT2D eigenvalue weighted by Gasteiger charge is 2.18. The number of hydrogen-bond donors (Lipinski definition) is 1. The highest BCUT2D eigenvalue weighted by molar-refractivity contribution is 5.85. The third-order valence-corrected chi connectivity index (χ3v) is 2.87. The molecule has 84 valence electrons. The van der Waals surface area contributed by atoms with Gasteiger partial charge >= 0.3 is 0 Å². The number of rotatable bonds is 2. The van der Waals surface area contributed by atoms with E-state index in [0.29, 0.717) is 11.8 Å². The third-order valence-electron chi connectivity index (χ3n) is 2.87. The van der Waals surface area contributed by atoms with E-state index in [1.165, 1.54) is 0 Å². The molecule has 0 amide bonds. The van der Waals surface area contributed by atoms with Gasteiger partial charge in [-0.05, 0) is 43.5 Å². The molecule has 0 spiro atoms. The van der Waals surface area contributed by atoms with Crippen molar-refractivity contribution in [2.75, 3.05) is 13.6 Å². The van der Waals surface area contributed by atoms with Crippen LogP contribution in [0.5, 0.6) is 5.75 Å². The van der Waals surface area contributed by atoms with Crippen LogP contribution in [0.25, 0.3) is 0 Å². The van der Waals surface area contributed by atoms with Gasteiger partial charge in [-0.1, -0.05) is 12.1 Å². The third kappa shape index (κ3) is 2.44. The molecule has 1 atom stereocenters. The lowest BCUT2D eigenvalue weighted by Gasteiger charge is -2.15. The average molecular weight is 231 g/mol. The van der Waals surface area contributed by atoms with Crippen LogP contribution in [0.1, 0.15) is 34.1 Å². The minimum Gasteiger partial charge on any atom is -0.496 e. The van der Waals surface area contributed by atoms with Crippen molar-refractivity contribution in [3.8, 4) is 5.75 Å². The van der Waals surface area contributed by atoms with Gasteiger partial charge in [0.2, 0.25) is 0 Å². The van der Waals surface area contributed by atoms with Crippen molar-refractivity contribution in [3.05, 3.63) is 29.3 Å². The van der Waals surface area contributed by atoms with Gasteiger partial charge in [0.1, 0.15) is 5.75 Å². The Morgan fingerprint density at radius 2 is 2.40 bits per heavy atom. The zero-order chi connectivity index (χ0) is 12.5. The molecular formula is C12H18ClNO. The SMILES string of the molecule is Cl.[2H]C([2H])([2H])Oc1cccc([C@@H]2CCCN2)c1C. The maximum atomic E-state index is 7.14. The van der Waals surface area contributed by atoms with Crippen LogP contribution in [-0.4, -0.2) is 13.6 Å². The van der Waals surface area contributed by atoms with Crippen LogP contribution in [-0.2, 0) is 0 Å². The van der Waals surface area contributed by atoms with Crippen LogP contribution in [0.2, 0.25) is 0 Å². The normalized spacial score (nSPS) is 23.5. The van der Waals surface area contributed by atoms with E-state index in [9.17, 15) is 0 Å². The maximum Gasteiger partial charge on any atom is 0.122 e. The number of methoxy groups -OCH3 is 1. The first kappa shape index (κ1) is 8.43. The molecule has 2 nitrogen and oxygen atoms in total. The molecule has 1 fully saturated rings. The number of ether oxygens (including phenoxy) is 1. The van der Waals surface area contributed by atoms with E-state index in [2.05, 4.69) is 5.32 Å². The molecule has 3 heteroatoms.